The normalized spacial score (nSPS) is 12.8. The van der Waals surface area contributed by atoms with Crippen LogP contribution in [0.1, 0.15) is 53.0 Å². The number of ether oxygens (including phenoxy) is 4. The van der Waals surface area contributed by atoms with Gasteiger partial charge in [-0.3, -0.25) is 9.48 Å². The third-order valence-corrected chi connectivity index (χ3v) is 6.80. The first kappa shape index (κ1) is 25.9. The highest BCUT2D eigenvalue weighted by molar-refractivity contribution is 9.10. The molecule has 1 aliphatic carbocycles. The second-order valence-electron chi connectivity index (χ2n) is 8.73. The first-order valence-electron chi connectivity index (χ1n) is 11.9. The van der Waals surface area contributed by atoms with E-state index in [1.165, 1.54) is 0 Å². The van der Waals surface area contributed by atoms with Gasteiger partial charge in [0.1, 0.15) is 17.2 Å². The molecule has 3 aromatic rings. The molecule has 0 spiro atoms. The molecule has 9 heteroatoms. The topological polar surface area (TPSA) is 75.0 Å². The number of hydrogen-bond donors (Lipinski definition) is 0. The van der Waals surface area contributed by atoms with Crippen molar-refractivity contribution in [1.29, 1.82) is 0 Å². The molecule has 0 unspecified atom stereocenters. The van der Waals surface area contributed by atoms with Gasteiger partial charge in [-0.1, -0.05) is 0 Å². The molecule has 1 fully saturated rings. The zero-order valence-electron chi connectivity index (χ0n) is 21.3. The lowest BCUT2D eigenvalue weighted by atomic mass is 10.1. The Labute approximate surface area is 220 Å². The van der Waals surface area contributed by atoms with Gasteiger partial charge in [0.15, 0.2) is 11.5 Å². The SMILES string of the molecule is CCOc1c(Br)cc(CN(Cc2ccc(OC)cc2OC)C(=O)c2cc(C3CC3)nn2C)cc1OC. The zero-order chi connectivity index (χ0) is 25.8. The molecule has 0 atom stereocenters. The van der Waals surface area contributed by atoms with E-state index in [1.54, 1.807) is 30.9 Å². The van der Waals surface area contributed by atoms with Crippen LogP contribution < -0.4 is 18.9 Å². The minimum absolute atomic E-state index is 0.112. The van der Waals surface area contributed by atoms with Crippen LogP contribution in [0.2, 0.25) is 0 Å². The monoisotopic (exact) mass is 557 g/mol. The van der Waals surface area contributed by atoms with Crippen molar-refractivity contribution in [3.63, 3.8) is 0 Å². The highest BCUT2D eigenvalue weighted by Crippen LogP contribution is 2.40. The van der Waals surface area contributed by atoms with Gasteiger partial charge >= 0.3 is 0 Å². The molecular formula is C27H32BrN3O5. The summed E-state index contributed by atoms with van der Waals surface area (Å²) in [6, 6.07) is 11.4. The van der Waals surface area contributed by atoms with Crippen molar-refractivity contribution in [2.45, 2.75) is 38.8 Å². The summed E-state index contributed by atoms with van der Waals surface area (Å²) in [6.07, 6.45) is 2.24. The van der Waals surface area contributed by atoms with Gasteiger partial charge in [0.2, 0.25) is 0 Å². The van der Waals surface area contributed by atoms with Gasteiger partial charge in [0.25, 0.3) is 5.91 Å². The van der Waals surface area contributed by atoms with Crippen molar-refractivity contribution in [3.8, 4) is 23.0 Å². The van der Waals surface area contributed by atoms with E-state index >= 15 is 0 Å². The highest BCUT2D eigenvalue weighted by atomic mass is 79.9. The summed E-state index contributed by atoms with van der Waals surface area (Å²) in [5.74, 6) is 2.93. The molecule has 192 valence electrons. The number of rotatable bonds is 11. The standard InChI is InChI=1S/C27H32BrN3O5/c1-6-36-26-21(28)11-17(12-25(26)35-5)15-31(16-19-9-10-20(33-3)13-24(19)34-4)27(32)23-14-22(18-7-8-18)29-30(23)2/h9-14,18H,6-8,15-16H2,1-5H3. The summed E-state index contributed by atoms with van der Waals surface area (Å²) in [6.45, 7) is 3.12. The molecular weight excluding hydrogens is 526 g/mol. The molecule has 4 rings (SSSR count). The summed E-state index contributed by atoms with van der Waals surface area (Å²) in [5, 5.41) is 4.60. The van der Waals surface area contributed by atoms with Gasteiger partial charge in [-0.05, 0) is 71.6 Å². The minimum Gasteiger partial charge on any atom is -0.497 e. The molecule has 0 saturated heterocycles. The van der Waals surface area contributed by atoms with Crippen LogP contribution in [-0.4, -0.2) is 48.5 Å². The molecule has 36 heavy (non-hydrogen) atoms. The number of aromatic nitrogens is 2. The van der Waals surface area contributed by atoms with Crippen LogP contribution in [0.3, 0.4) is 0 Å². The summed E-state index contributed by atoms with van der Waals surface area (Å²) < 4.78 is 24.7. The van der Waals surface area contributed by atoms with Crippen LogP contribution in [0.15, 0.2) is 40.9 Å². The fraction of sp³-hybridized carbons (Fsp3) is 0.407. The van der Waals surface area contributed by atoms with Crippen LogP contribution in [0.5, 0.6) is 23.0 Å². The average Bonchev–Trinajstić information content (AvgIpc) is 3.66. The van der Waals surface area contributed by atoms with Crippen molar-refractivity contribution in [1.82, 2.24) is 14.7 Å². The predicted molar refractivity (Wildman–Crippen MR) is 140 cm³/mol. The third kappa shape index (κ3) is 5.61. The summed E-state index contributed by atoms with van der Waals surface area (Å²) in [7, 11) is 6.65. The maximum Gasteiger partial charge on any atom is 0.272 e. The van der Waals surface area contributed by atoms with E-state index in [2.05, 4.69) is 21.0 Å². The van der Waals surface area contributed by atoms with Gasteiger partial charge in [0.05, 0.1) is 44.6 Å². The maximum absolute atomic E-state index is 13.9. The van der Waals surface area contributed by atoms with Crippen LogP contribution in [0.25, 0.3) is 0 Å². The van der Waals surface area contributed by atoms with Gasteiger partial charge < -0.3 is 23.8 Å². The van der Waals surface area contributed by atoms with E-state index in [9.17, 15) is 4.79 Å². The molecule has 1 amide bonds. The first-order chi connectivity index (χ1) is 17.4. The number of hydrogen-bond acceptors (Lipinski definition) is 6. The lowest BCUT2D eigenvalue weighted by Gasteiger charge is -2.25. The van der Waals surface area contributed by atoms with E-state index in [1.807, 2.05) is 50.4 Å². The van der Waals surface area contributed by atoms with Crippen molar-refractivity contribution < 1.29 is 23.7 Å². The van der Waals surface area contributed by atoms with Crippen LogP contribution in [0, 0.1) is 0 Å². The Morgan fingerprint density at radius 3 is 2.44 bits per heavy atom. The summed E-state index contributed by atoms with van der Waals surface area (Å²) >= 11 is 3.60. The molecule has 0 N–H and O–H groups in total. The maximum atomic E-state index is 13.9. The third-order valence-electron chi connectivity index (χ3n) is 6.21. The lowest BCUT2D eigenvalue weighted by Crippen LogP contribution is -2.31. The van der Waals surface area contributed by atoms with E-state index in [-0.39, 0.29) is 5.91 Å². The molecule has 1 aliphatic rings. The molecule has 0 aliphatic heterocycles. The Kier molecular flexibility index (Phi) is 8.08. The largest absolute Gasteiger partial charge is 0.497 e. The minimum atomic E-state index is -0.112. The number of halogens is 1. The fourth-order valence-corrected chi connectivity index (χ4v) is 4.79. The van der Waals surface area contributed by atoms with Gasteiger partial charge in [0, 0.05) is 31.1 Å². The van der Waals surface area contributed by atoms with Gasteiger partial charge in [-0.25, -0.2) is 0 Å². The number of aryl methyl sites for hydroxylation is 1. The van der Waals surface area contributed by atoms with E-state index < -0.39 is 0 Å². The Morgan fingerprint density at radius 1 is 1.06 bits per heavy atom. The molecule has 0 bridgehead atoms. The molecule has 1 saturated carbocycles. The number of amides is 1. The van der Waals surface area contributed by atoms with Crippen LogP contribution >= 0.6 is 15.9 Å². The predicted octanol–water partition coefficient (Wildman–Crippen LogP) is 5.33. The van der Waals surface area contributed by atoms with E-state index in [0.29, 0.717) is 54.3 Å². The van der Waals surface area contributed by atoms with Crippen molar-refractivity contribution >= 4 is 21.8 Å². The molecule has 2 aromatic carbocycles. The summed E-state index contributed by atoms with van der Waals surface area (Å²) in [5.41, 5.74) is 3.30. The second kappa shape index (κ2) is 11.2. The number of methoxy groups -OCH3 is 3. The van der Waals surface area contributed by atoms with Crippen LogP contribution in [0.4, 0.5) is 0 Å². The smallest absolute Gasteiger partial charge is 0.272 e. The first-order valence-corrected chi connectivity index (χ1v) is 12.7. The molecule has 8 nitrogen and oxygen atoms in total. The van der Waals surface area contributed by atoms with Crippen LogP contribution in [-0.2, 0) is 20.1 Å². The number of carbonyl (C=O) groups is 1. The van der Waals surface area contributed by atoms with Crippen molar-refractivity contribution in [2.75, 3.05) is 27.9 Å². The Hall–Kier alpha value is -3.20. The lowest BCUT2D eigenvalue weighted by molar-refractivity contribution is 0.0717. The number of nitrogens with zero attached hydrogens (tertiary/aromatic N) is 3. The van der Waals surface area contributed by atoms with E-state index in [0.717, 1.165) is 34.1 Å². The molecule has 0 radical (unpaired) electrons. The second-order valence-corrected chi connectivity index (χ2v) is 9.59. The Balaban J connectivity index is 1.70. The highest BCUT2D eigenvalue weighted by Gasteiger charge is 2.30. The zero-order valence-corrected chi connectivity index (χ0v) is 22.9. The van der Waals surface area contributed by atoms with E-state index in [4.69, 9.17) is 18.9 Å². The number of carbonyl (C=O) groups excluding carboxylic acids is 1. The van der Waals surface area contributed by atoms with Crippen molar-refractivity contribution in [2.24, 2.45) is 7.05 Å². The van der Waals surface area contributed by atoms with Gasteiger partial charge in [-0.15, -0.1) is 0 Å². The Morgan fingerprint density at radius 2 is 1.81 bits per heavy atom. The summed E-state index contributed by atoms with van der Waals surface area (Å²) in [4.78, 5) is 15.7. The van der Waals surface area contributed by atoms with Gasteiger partial charge in [-0.2, -0.15) is 5.10 Å². The fourth-order valence-electron chi connectivity index (χ4n) is 4.19. The molecule has 1 aromatic heterocycles. The van der Waals surface area contributed by atoms with Crippen molar-refractivity contribution in [3.05, 3.63) is 63.4 Å². The Bertz CT molecular complexity index is 1240. The average molecular weight is 558 g/mol. The molecule has 1 heterocycles. The number of benzene rings is 2. The quantitative estimate of drug-likeness (QED) is 0.317.